The molecule has 0 N–H and O–H groups in total. The van der Waals surface area contributed by atoms with Crippen molar-refractivity contribution in [2.24, 2.45) is 0 Å². The first-order valence-electron chi connectivity index (χ1n) is 8.08. The number of halogens is 1. The van der Waals surface area contributed by atoms with Crippen LogP contribution in [-0.4, -0.2) is 12.1 Å². The minimum atomic E-state index is 0.382. The van der Waals surface area contributed by atoms with E-state index < -0.39 is 0 Å². The van der Waals surface area contributed by atoms with Gasteiger partial charge in [-0.25, -0.2) is 4.98 Å². The molecule has 0 unspecified atom stereocenters. The zero-order valence-electron chi connectivity index (χ0n) is 13.7. The van der Waals surface area contributed by atoms with Gasteiger partial charge in [-0.3, -0.25) is 0 Å². The molecule has 4 rings (SSSR count). The average molecular weight is 391 g/mol. The zero-order chi connectivity index (χ0) is 17.4. The predicted molar refractivity (Wildman–Crippen MR) is 101 cm³/mol. The van der Waals surface area contributed by atoms with E-state index in [-0.39, 0.29) is 0 Å². The molecule has 0 fully saturated rings. The number of aryl methyl sites for hydroxylation is 1. The number of rotatable bonds is 2. The molecule has 0 amide bonds. The molecule has 0 bridgehead atoms. The van der Waals surface area contributed by atoms with E-state index >= 15 is 0 Å². The number of ether oxygens (including phenoxy) is 1. The van der Waals surface area contributed by atoms with Crippen LogP contribution in [0.15, 0.2) is 53.0 Å². The van der Waals surface area contributed by atoms with Gasteiger partial charge < -0.3 is 4.74 Å². The largest absolute Gasteiger partial charge is 0.480 e. The third-order valence-electron chi connectivity index (χ3n) is 4.60. The molecule has 122 valence electrons. The maximum absolute atomic E-state index is 9.78. The standard InChI is InChI=1S/C21H15BrN2O/c1-25-21-18(12-23)19(14-6-4-7-15(22)11-14)17-10-9-13-5-2-3-8-16(13)20(17)24-21/h2-8,11H,9-10H2,1H3. The molecule has 0 saturated carbocycles. The van der Waals surface area contributed by atoms with Gasteiger partial charge in [-0.05, 0) is 41.7 Å². The molecule has 0 aliphatic heterocycles. The van der Waals surface area contributed by atoms with E-state index in [1.807, 2.05) is 30.3 Å². The molecule has 0 radical (unpaired) electrons. The molecular weight excluding hydrogens is 376 g/mol. The second-order valence-electron chi connectivity index (χ2n) is 5.98. The van der Waals surface area contributed by atoms with Gasteiger partial charge in [0.05, 0.1) is 12.8 Å². The van der Waals surface area contributed by atoms with E-state index in [2.05, 4.69) is 40.2 Å². The summed E-state index contributed by atoms with van der Waals surface area (Å²) in [5, 5.41) is 9.78. The van der Waals surface area contributed by atoms with Crippen LogP contribution >= 0.6 is 15.9 Å². The van der Waals surface area contributed by atoms with Crippen LogP contribution in [0.3, 0.4) is 0 Å². The van der Waals surface area contributed by atoms with Crippen molar-refractivity contribution in [3.63, 3.8) is 0 Å². The highest BCUT2D eigenvalue weighted by Crippen LogP contribution is 2.42. The molecule has 2 aromatic carbocycles. The van der Waals surface area contributed by atoms with E-state index in [0.29, 0.717) is 11.4 Å². The quantitative estimate of drug-likeness (QED) is 0.607. The van der Waals surface area contributed by atoms with E-state index in [9.17, 15) is 5.26 Å². The SMILES string of the molecule is COc1nc2c(c(-c3cccc(Br)c3)c1C#N)CCc1ccccc1-2. The summed E-state index contributed by atoms with van der Waals surface area (Å²) in [6.07, 6.45) is 1.81. The number of benzene rings is 2. The molecular formula is C21H15BrN2O. The Labute approximate surface area is 155 Å². The normalized spacial score (nSPS) is 12.0. The van der Waals surface area contributed by atoms with Crippen molar-refractivity contribution in [1.82, 2.24) is 4.98 Å². The third-order valence-corrected chi connectivity index (χ3v) is 5.09. The second-order valence-corrected chi connectivity index (χ2v) is 6.89. The summed E-state index contributed by atoms with van der Waals surface area (Å²) in [4.78, 5) is 4.70. The van der Waals surface area contributed by atoms with Gasteiger partial charge in [0.15, 0.2) is 0 Å². The smallest absolute Gasteiger partial charge is 0.232 e. The second kappa shape index (κ2) is 6.34. The summed E-state index contributed by atoms with van der Waals surface area (Å²) < 4.78 is 6.45. The first-order valence-corrected chi connectivity index (χ1v) is 8.87. The Hall–Kier alpha value is -2.64. The van der Waals surface area contributed by atoms with E-state index in [1.54, 1.807) is 7.11 Å². The van der Waals surface area contributed by atoms with Gasteiger partial charge >= 0.3 is 0 Å². The van der Waals surface area contributed by atoms with Crippen LogP contribution < -0.4 is 4.74 Å². The lowest BCUT2D eigenvalue weighted by atomic mass is 9.83. The van der Waals surface area contributed by atoms with Gasteiger partial charge in [0.1, 0.15) is 11.6 Å². The molecule has 25 heavy (non-hydrogen) atoms. The van der Waals surface area contributed by atoms with Crippen molar-refractivity contribution >= 4 is 15.9 Å². The number of methoxy groups -OCH3 is 1. The highest BCUT2D eigenvalue weighted by atomic mass is 79.9. The topological polar surface area (TPSA) is 45.9 Å². The Morgan fingerprint density at radius 3 is 2.72 bits per heavy atom. The Bertz CT molecular complexity index is 1020. The lowest BCUT2D eigenvalue weighted by Crippen LogP contribution is -2.10. The van der Waals surface area contributed by atoms with E-state index in [1.165, 1.54) is 5.56 Å². The molecule has 1 aliphatic rings. The molecule has 1 heterocycles. The highest BCUT2D eigenvalue weighted by Gasteiger charge is 2.26. The van der Waals surface area contributed by atoms with Crippen LogP contribution in [0.25, 0.3) is 22.4 Å². The summed E-state index contributed by atoms with van der Waals surface area (Å²) >= 11 is 3.53. The molecule has 1 aromatic heterocycles. The fourth-order valence-electron chi connectivity index (χ4n) is 3.51. The molecule has 4 heteroatoms. The van der Waals surface area contributed by atoms with Crippen molar-refractivity contribution in [2.45, 2.75) is 12.8 Å². The Morgan fingerprint density at radius 2 is 1.96 bits per heavy atom. The van der Waals surface area contributed by atoms with Gasteiger partial charge in [-0.1, -0.05) is 52.3 Å². The highest BCUT2D eigenvalue weighted by molar-refractivity contribution is 9.10. The molecule has 0 atom stereocenters. The molecule has 0 saturated heterocycles. The van der Waals surface area contributed by atoms with Gasteiger partial charge in [0.25, 0.3) is 0 Å². The summed E-state index contributed by atoms with van der Waals surface area (Å²) in [6.45, 7) is 0. The zero-order valence-corrected chi connectivity index (χ0v) is 15.3. The fourth-order valence-corrected chi connectivity index (χ4v) is 3.91. The van der Waals surface area contributed by atoms with Crippen molar-refractivity contribution in [3.05, 3.63) is 69.7 Å². The van der Waals surface area contributed by atoms with Crippen LogP contribution in [0.4, 0.5) is 0 Å². The fraction of sp³-hybridized carbons (Fsp3) is 0.143. The number of fused-ring (bicyclic) bond motifs is 3. The first-order chi connectivity index (χ1) is 12.2. The lowest BCUT2D eigenvalue weighted by Gasteiger charge is -2.23. The summed E-state index contributed by atoms with van der Waals surface area (Å²) in [5.74, 6) is 0.382. The summed E-state index contributed by atoms with van der Waals surface area (Å²) in [5.41, 5.74) is 6.89. The first kappa shape index (κ1) is 15.9. The van der Waals surface area contributed by atoms with Gasteiger partial charge in [-0.15, -0.1) is 0 Å². The molecule has 3 nitrogen and oxygen atoms in total. The van der Waals surface area contributed by atoms with Gasteiger partial charge in [0.2, 0.25) is 5.88 Å². The number of hydrogen-bond acceptors (Lipinski definition) is 3. The third kappa shape index (κ3) is 2.61. The van der Waals surface area contributed by atoms with E-state index in [0.717, 1.165) is 45.3 Å². The molecule has 0 spiro atoms. The monoisotopic (exact) mass is 390 g/mol. The minimum Gasteiger partial charge on any atom is -0.480 e. The van der Waals surface area contributed by atoms with Crippen molar-refractivity contribution in [2.75, 3.05) is 7.11 Å². The number of nitriles is 1. The van der Waals surface area contributed by atoms with Crippen LogP contribution in [0.5, 0.6) is 5.88 Å². The molecule has 3 aromatic rings. The summed E-state index contributed by atoms with van der Waals surface area (Å²) in [6, 6.07) is 18.7. The number of aromatic nitrogens is 1. The maximum Gasteiger partial charge on any atom is 0.232 e. The van der Waals surface area contributed by atoms with E-state index in [4.69, 9.17) is 9.72 Å². The van der Waals surface area contributed by atoms with Crippen molar-refractivity contribution < 1.29 is 4.74 Å². The van der Waals surface area contributed by atoms with Crippen LogP contribution in [-0.2, 0) is 12.8 Å². The predicted octanol–water partition coefficient (Wildman–Crippen LogP) is 5.16. The number of hydrogen-bond donors (Lipinski definition) is 0. The maximum atomic E-state index is 9.78. The van der Waals surface area contributed by atoms with Gasteiger partial charge in [-0.2, -0.15) is 5.26 Å². The van der Waals surface area contributed by atoms with Gasteiger partial charge in [0, 0.05) is 15.6 Å². The Morgan fingerprint density at radius 1 is 1.12 bits per heavy atom. The van der Waals surface area contributed by atoms with Crippen LogP contribution in [0.1, 0.15) is 16.7 Å². The van der Waals surface area contributed by atoms with Crippen LogP contribution in [0, 0.1) is 11.3 Å². The Kier molecular flexibility index (Phi) is 4.03. The lowest BCUT2D eigenvalue weighted by molar-refractivity contribution is 0.397. The van der Waals surface area contributed by atoms with Crippen molar-refractivity contribution in [1.29, 1.82) is 5.26 Å². The van der Waals surface area contributed by atoms with Crippen LogP contribution in [0.2, 0.25) is 0 Å². The molecule has 1 aliphatic carbocycles. The Balaban J connectivity index is 2.09. The average Bonchev–Trinajstić information content (AvgIpc) is 2.66. The summed E-state index contributed by atoms with van der Waals surface area (Å²) in [7, 11) is 1.56. The van der Waals surface area contributed by atoms with Crippen molar-refractivity contribution in [3.8, 4) is 34.3 Å². The number of pyridine rings is 1. The number of nitrogens with zero attached hydrogens (tertiary/aromatic N) is 2. The minimum absolute atomic E-state index is 0.382.